The number of nitrogens with one attached hydrogen (secondary N) is 1. The third-order valence-corrected chi connectivity index (χ3v) is 14.0. The number of aliphatic hydroxyl groups excluding tert-OH is 2. The second kappa shape index (κ2) is 60.1. The molecule has 0 heterocycles. The van der Waals surface area contributed by atoms with Crippen LogP contribution in [0.4, 0.5) is 0 Å². The van der Waals surface area contributed by atoms with Crippen LogP contribution in [0.3, 0.4) is 0 Å². The largest absolute Gasteiger partial charge is 0.466 e. The van der Waals surface area contributed by atoms with E-state index in [0.29, 0.717) is 19.4 Å². The number of allylic oxidation sites excluding steroid dienone is 9. The quantitative estimate of drug-likeness (QED) is 0.0321. The number of amides is 1. The lowest BCUT2D eigenvalue weighted by Crippen LogP contribution is -2.45. The first-order chi connectivity index (χ1) is 35.0. The number of hydrogen-bond acceptors (Lipinski definition) is 5. The fourth-order valence-corrected chi connectivity index (χ4v) is 9.22. The fourth-order valence-electron chi connectivity index (χ4n) is 9.22. The second-order valence-electron chi connectivity index (χ2n) is 21.0. The fraction of sp³-hybridized carbons (Fsp3) is 0.815. The molecular weight excluding hydrogens is 875 g/mol. The van der Waals surface area contributed by atoms with Gasteiger partial charge in [-0.2, -0.15) is 0 Å². The van der Waals surface area contributed by atoms with Gasteiger partial charge in [0.15, 0.2) is 0 Å². The monoisotopic (exact) mass is 994 g/mol. The van der Waals surface area contributed by atoms with E-state index in [1.807, 2.05) is 6.08 Å². The first-order valence-electron chi connectivity index (χ1n) is 31.1. The Bertz CT molecular complexity index is 1240. The molecule has 0 aromatic heterocycles. The number of esters is 1. The van der Waals surface area contributed by atoms with E-state index in [4.69, 9.17) is 4.74 Å². The summed E-state index contributed by atoms with van der Waals surface area (Å²) in [5.41, 5.74) is 0. The lowest BCUT2D eigenvalue weighted by Gasteiger charge is -2.20. The summed E-state index contributed by atoms with van der Waals surface area (Å²) in [6.45, 7) is 4.85. The summed E-state index contributed by atoms with van der Waals surface area (Å²) in [4.78, 5) is 24.6. The maximum Gasteiger partial charge on any atom is 0.305 e. The second-order valence-corrected chi connectivity index (χ2v) is 21.0. The number of carbonyl (C=O) groups excluding carboxylic acids is 2. The lowest BCUT2D eigenvalue weighted by molar-refractivity contribution is -0.143. The Morgan fingerprint density at radius 1 is 0.394 bits per heavy atom. The van der Waals surface area contributed by atoms with E-state index < -0.39 is 12.1 Å². The van der Waals surface area contributed by atoms with Crippen molar-refractivity contribution >= 4 is 11.9 Å². The Labute approximate surface area is 441 Å². The van der Waals surface area contributed by atoms with Crippen molar-refractivity contribution in [2.45, 2.75) is 328 Å². The predicted molar refractivity (Wildman–Crippen MR) is 310 cm³/mol. The van der Waals surface area contributed by atoms with Crippen molar-refractivity contribution in [1.82, 2.24) is 5.32 Å². The molecule has 71 heavy (non-hydrogen) atoms. The third kappa shape index (κ3) is 56.7. The van der Waals surface area contributed by atoms with Crippen LogP contribution in [0.25, 0.3) is 0 Å². The van der Waals surface area contributed by atoms with E-state index in [1.165, 1.54) is 199 Å². The van der Waals surface area contributed by atoms with E-state index >= 15 is 0 Å². The number of unbranched alkanes of at least 4 members (excludes halogenated alkanes) is 38. The molecule has 0 radical (unpaired) electrons. The Hall–Kier alpha value is -2.44. The molecule has 0 aliphatic rings. The third-order valence-electron chi connectivity index (χ3n) is 14.0. The molecule has 0 fully saturated rings. The molecule has 0 aliphatic carbocycles. The first-order valence-corrected chi connectivity index (χ1v) is 31.1. The van der Waals surface area contributed by atoms with Gasteiger partial charge in [-0.1, -0.05) is 261 Å². The van der Waals surface area contributed by atoms with Crippen molar-refractivity contribution in [2.75, 3.05) is 13.2 Å². The Morgan fingerprint density at radius 2 is 0.704 bits per heavy atom. The minimum atomic E-state index is -0.857. The van der Waals surface area contributed by atoms with Crippen LogP contribution in [0.5, 0.6) is 0 Å². The van der Waals surface area contributed by atoms with Gasteiger partial charge in [-0.3, -0.25) is 9.59 Å². The molecule has 2 atom stereocenters. The number of aliphatic hydroxyl groups is 2. The maximum atomic E-state index is 12.5. The highest BCUT2D eigenvalue weighted by Gasteiger charge is 2.18. The Kier molecular flexibility index (Phi) is 58.1. The van der Waals surface area contributed by atoms with Gasteiger partial charge in [0.25, 0.3) is 0 Å². The van der Waals surface area contributed by atoms with Gasteiger partial charge >= 0.3 is 5.97 Å². The smallest absolute Gasteiger partial charge is 0.305 e. The highest BCUT2D eigenvalue weighted by Crippen LogP contribution is 2.16. The van der Waals surface area contributed by atoms with Crippen LogP contribution in [-0.4, -0.2) is 47.4 Å². The SMILES string of the molecule is CCCCCC/C=C\C/C=C\CCCCCCCCCC(=O)OCCCCC/C=C\C/C=C\CCCCCCCCCC(=O)NC(CO)C(O)/C=C/CCCCCCCCCCCCCCCCCCC. The van der Waals surface area contributed by atoms with Crippen LogP contribution >= 0.6 is 0 Å². The maximum absolute atomic E-state index is 12.5. The van der Waals surface area contributed by atoms with E-state index in [1.54, 1.807) is 6.08 Å². The molecule has 0 bridgehead atoms. The highest BCUT2D eigenvalue weighted by molar-refractivity contribution is 5.76. The first kappa shape index (κ1) is 68.6. The number of rotatable bonds is 57. The van der Waals surface area contributed by atoms with Gasteiger partial charge in [-0.15, -0.1) is 0 Å². The average molecular weight is 995 g/mol. The van der Waals surface area contributed by atoms with E-state index in [2.05, 4.69) is 67.8 Å². The normalized spacial score (nSPS) is 13.0. The molecule has 414 valence electrons. The molecule has 1 amide bonds. The van der Waals surface area contributed by atoms with Crippen LogP contribution in [0.2, 0.25) is 0 Å². The van der Waals surface area contributed by atoms with Gasteiger partial charge in [0.1, 0.15) is 0 Å². The molecule has 6 heteroatoms. The van der Waals surface area contributed by atoms with Crippen molar-refractivity contribution < 1.29 is 24.5 Å². The Morgan fingerprint density at radius 3 is 1.08 bits per heavy atom. The van der Waals surface area contributed by atoms with E-state index in [-0.39, 0.29) is 18.5 Å². The minimum Gasteiger partial charge on any atom is -0.466 e. The molecular formula is C65H119NO5. The number of ether oxygens (including phenoxy) is 1. The van der Waals surface area contributed by atoms with Gasteiger partial charge in [-0.05, 0) is 103 Å². The molecule has 0 spiro atoms. The van der Waals surface area contributed by atoms with Gasteiger partial charge in [0.05, 0.1) is 25.4 Å². The van der Waals surface area contributed by atoms with Crippen LogP contribution in [0, 0.1) is 0 Å². The molecule has 0 aromatic rings. The standard InChI is InChI=1S/C65H119NO5/c1-3-5-7-9-11-13-15-17-19-21-23-25-29-33-37-41-45-49-53-57-63(68)62(61-67)66-64(69)58-54-50-46-42-38-34-30-26-24-28-32-36-40-44-48-52-56-60-71-65(70)59-55-51-47-43-39-35-31-27-22-20-18-16-14-12-10-8-6-4-2/h14,16,20,22,24,28,36,40,53,57,62-63,67-68H,3-13,15,17-19,21,23,25-27,29-35,37-39,41-52,54-56,58-61H2,1-2H3,(H,66,69)/b16-14-,22-20-,28-24-,40-36-,57-53+. The van der Waals surface area contributed by atoms with Crippen molar-refractivity contribution in [2.24, 2.45) is 0 Å². The summed E-state index contributed by atoms with van der Waals surface area (Å²) in [5.74, 6) is -0.108. The summed E-state index contributed by atoms with van der Waals surface area (Å²) < 4.78 is 5.46. The zero-order chi connectivity index (χ0) is 51.4. The predicted octanol–water partition coefficient (Wildman–Crippen LogP) is 19.5. The van der Waals surface area contributed by atoms with Gasteiger partial charge in [0.2, 0.25) is 5.91 Å². The molecule has 0 saturated heterocycles. The number of carbonyl (C=O) groups is 2. The molecule has 0 rings (SSSR count). The summed E-state index contributed by atoms with van der Waals surface area (Å²) in [7, 11) is 0. The van der Waals surface area contributed by atoms with Crippen LogP contribution in [0.15, 0.2) is 60.8 Å². The number of hydrogen-bond donors (Lipinski definition) is 3. The zero-order valence-corrected chi connectivity index (χ0v) is 47.2. The van der Waals surface area contributed by atoms with Crippen molar-refractivity contribution in [1.29, 1.82) is 0 Å². The van der Waals surface area contributed by atoms with Crippen molar-refractivity contribution in [3.05, 3.63) is 60.8 Å². The molecule has 0 aromatic carbocycles. The van der Waals surface area contributed by atoms with Gasteiger partial charge < -0.3 is 20.3 Å². The molecule has 3 N–H and O–H groups in total. The molecule has 0 saturated carbocycles. The van der Waals surface area contributed by atoms with Crippen LogP contribution in [-0.2, 0) is 14.3 Å². The molecule has 2 unspecified atom stereocenters. The summed E-state index contributed by atoms with van der Waals surface area (Å²) in [5, 5.41) is 23.2. The van der Waals surface area contributed by atoms with Crippen molar-refractivity contribution in [3.63, 3.8) is 0 Å². The van der Waals surface area contributed by atoms with E-state index in [0.717, 1.165) is 89.9 Å². The minimum absolute atomic E-state index is 0.0241. The van der Waals surface area contributed by atoms with Crippen molar-refractivity contribution in [3.8, 4) is 0 Å². The summed E-state index contributed by atoms with van der Waals surface area (Å²) in [6, 6.07) is -0.642. The van der Waals surface area contributed by atoms with Gasteiger partial charge in [0, 0.05) is 12.8 Å². The topological polar surface area (TPSA) is 95.9 Å². The molecule has 0 aliphatic heterocycles. The van der Waals surface area contributed by atoms with Crippen LogP contribution < -0.4 is 5.32 Å². The van der Waals surface area contributed by atoms with Gasteiger partial charge in [-0.25, -0.2) is 0 Å². The highest BCUT2D eigenvalue weighted by atomic mass is 16.5. The Balaban J connectivity index is 3.53. The van der Waals surface area contributed by atoms with Crippen LogP contribution in [0.1, 0.15) is 316 Å². The molecule has 6 nitrogen and oxygen atoms in total. The lowest BCUT2D eigenvalue weighted by atomic mass is 10.0. The summed E-state index contributed by atoms with van der Waals surface area (Å²) >= 11 is 0. The zero-order valence-electron chi connectivity index (χ0n) is 47.2. The summed E-state index contributed by atoms with van der Waals surface area (Å²) in [6.07, 6.45) is 78.2. The average Bonchev–Trinajstić information content (AvgIpc) is 3.37. The van der Waals surface area contributed by atoms with E-state index in [9.17, 15) is 19.8 Å².